The number of carbonyl (C=O) groups is 1. The third kappa shape index (κ3) is 3.84. The summed E-state index contributed by atoms with van der Waals surface area (Å²) >= 11 is 1.64. The third-order valence-electron chi connectivity index (χ3n) is 5.30. The molecule has 2 aromatic heterocycles. The van der Waals surface area contributed by atoms with Gasteiger partial charge in [-0.15, -0.1) is 11.3 Å². The topological polar surface area (TPSA) is 64.4 Å². The number of hydrogen-bond acceptors (Lipinski definition) is 6. The van der Waals surface area contributed by atoms with Crippen molar-refractivity contribution in [2.45, 2.75) is 38.8 Å². The summed E-state index contributed by atoms with van der Waals surface area (Å²) in [7, 11) is 5.44. The lowest BCUT2D eigenvalue weighted by atomic mass is 9.97. The number of Topliss-reactive ketones (excluding diaryl/α,β-unsaturated/α-hetero) is 1. The van der Waals surface area contributed by atoms with Gasteiger partial charge in [0, 0.05) is 10.4 Å². The van der Waals surface area contributed by atoms with Gasteiger partial charge in [-0.1, -0.05) is 12.1 Å². The molecule has 2 heterocycles. The number of ketones is 1. The first-order chi connectivity index (χ1) is 14.0. The molecule has 7 heteroatoms. The highest BCUT2D eigenvalue weighted by atomic mass is 32.1. The molecule has 0 unspecified atom stereocenters. The minimum absolute atomic E-state index is 0.0251. The average Bonchev–Trinajstić information content (AvgIpc) is 3.08. The van der Waals surface area contributed by atoms with E-state index in [9.17, 15) is 9.59 Å². The molecule has 0 amide bonds. The van der Waals surface area contributed by atoms with Gasteiger partial charge < -0.3 is 9.64 Å². The van der Waals surface area contributed by atoms with Gasteiger partial charge in [-0.2, -0.15) is 0 Å². The summed E-state index contributed by atoms with van der Waals surface area (Å²) in [5.74, 6) is 1.12. The summed E-state index contributed by atoms with van der Waals surface area (Å²) in [6.45, 7) is 0.474. The first-order valence-corrected chi connectivity index (χ1v) is 10.7. The third-order valence-corrected chi connectivity index (χ3v) is 6.49. The lowest BCUT2D eigenvalue weighted by molar-refractivity contribution is 0.0968. The SMILES string of the molecule is COc1cccc(C(=O)Cn2c(CN(C)C)nc3sc4c(c3c2=O)CCCC4)c1. The summed E-state index contributed by atoms with van der Waals surface area (Å²) in [6, 6.07) is 7.04. The molecule has 152 valence electrons. The normalized spacial score (nSPS) is 13.7. The lowest BCUT2D eigenvalue weighted by Gasteiger charge is -2.16. The zero-order valence-corrected chi connectivity index (χ0v) is 17.8. The van der Waals surface area contributed by atoms with E-state index >= 15 is 0 Å². The first kappa shape index (κ1) is 19.8. The fourth-order valence-electron chi connectivity index (χ4n) is 3.88. The minimum atomic E-state index is -0.128. The van der Waals surface area contributed by atoms with E-state index < -0.39 is 0 Å². The Bertz CT molecular complexity index is 1130. The Kier molecular flexibility index (Phi) is 5.52. The second-order valence-electron chi connectivity index (χ2n) is 7.70. The van der Waals surface area contributed by atoms with Crippen molar-refractivity contribution in [3.63, 3.8) is 0 Å². The Morgan fingerprint density at radius 1 is 1.28 bits per heavy atom. The fourth-order valence-corrected chi connectivity index (χ4v) is 5.15. The first-order valence-electron chi connectivity index (χ1n) is 9.84. The van der Waals surface area contributed by atoms with Crippen LogP contribution in [0.4, 0.5) is 0 Å². The van der Waals surface area contributed by atoms with Crippen molar-refractivity contribution in [3.8, 4) is 5.75 Å². The predicted molar refractivity (Wildman–Crippen MR) is 115 cm³/mol. The van der Waals surface area contributed by atoms with E-state index in [1.54, 1.807) is 47.3 Å². The van der Waals surface area contributed by atoms with Gasteiger partial charge in [-0.05, 0) is 57.5 Å². The zero-order valence-electron chi connectivity index (χ0n) is 17.0. The van der Waals surface area contributed by atoms with Crippen LogP contribution in [0.15, 0.2) is 29.1 Å². The molecule has 1 aliphatic carbocycles. The van der Waals surface area contributed by atoms with Crippen LogP contribution in [0.25, 0.3) is 10.2 Å². The van der Waals surface area contributed by atoms with Crippen LogP contribution in [0.5, 0.6) is 5.75 Å². The Morgan fingerprint density at radius 3 is 2.83 bits per heavy atom. The molecular formula is C22H25N3O3S. The van der Waals surface area contributed by atoms with Gasteiger partial charge in [0.25, 0.3) is 5.56 Å². The summed E-state index contributed by atoms with van der Waals surface area (Å²) in [6.07, 6.45) is 4.19. The van der Waals surface area contributed by atoms with Crippen LogP contribution in [0.3, 0.4) is 0 Å². The van der Waals surface area contributed by atoms with Crippen molar-refractivity contribution in [1.29, 1.82) is 0 Å². The van der Waals surface area contributed by atoms with E-state index in [1.807, 2.05) is 19.0 Å². The van der Waals surface area contributed by atoms with Crippen LogP contribution >= 0.6 is 11.3 Å². The van der Waals surface area contributed by atoms with E-state index in [1.165, 1.54) is 4.88 Å². The van der Waals surface area contributed by atoms with Crippen LogP contribution < -0.4 is 10.3 Å². The molecule has 0 spiro atoms. The number of aromatic nitrogens is 2. The molecular weight excluding hydrogens is 386 g/mol. The quantitative estimate of drug-likeness (QED) is 0.583. The number of hydrogen-bond donors (Lipinski definition) is 0. The van der Waals surface area contributed by atoms with Crippen molar-refractivity contribution in [2.24, 2.45) is 0 Å². The Hall–Kier alpha value is -2.51. The van der Waals surface area contributed by atoms with Crippen LogP contribution in [0.2, 0.25) is 0 Å². The molecule has 0 radical (unpaired) electrons. The Morgan fingerprint density at radius 2 is 2.07 bits per heavy atom. The maximum Gasteiger partial charge on any atom is 0.263 e. The predicted octanol–water partition coefficient (Wildman–Crippen LogP) is 3.29. The molecule has 0 bridgehead atoms. The number of rotatable bonds is 6. The molecule has 0 N–H and O–H groups in total. The van der Waals surface area contributed by atoms with Gasteiger partial charge >= 0.3 is 0 Å². The molecule has 0 saturated carbocycles. The van der Waals surface area contributed by atoms with Crippen molar-refractivity contribution >= 4 is 27.3 Å². The van der Waals surface area contributed by atoms with E-state index in [4.69, 9.17) is 9.72 Å². The molecule has 0 saturated heterocycles. The molecule has 4 rings (SSSR count). The Labute approximate surface area is 173 Å². The molecule has 0 aliphatic heterocycles. The number of aryl methyl sites for hydroxylation is 2. The van der Waals surface area contributed by atoms with Crippen LogP contribution in [0.1, 0.15) is 39.5 Å². The summed E-state index contributed by atoms with van der Waals surface area (Å²) in [5.41, 5.74) is 1.58. The molecule has 1 aromatic carbocycles. The molecule has 1 aliphatic rings. The maximum atomic E-state index is 13.5. The smallest absolute Gasteiger partial charge is 0.263 e. The maximum absolute atomic E-state index is 13.5. The van der Waals surface area contributed by atoms with Crippen LogP contribution in [0, 0.1) is 0 Å². The van der Waals surface area contributed by atoms with E-state index in [0.29, 0.717) is 29.1 Å². The summed E-state index contributed by atoms with van der Waals surface area (Å²) in [4.78, 5) is 35.4. The van der Waals surface area contributed by atoms with Crippen LogP contribution in [-0.2, 0) is 25.9 Å². The fraction of sp³-hybridized carbons (Fsp3) is 0.409. The number of ether oxygens (including phenoxy) is 1. The van der Waals surface area contributed by atoms with Crippen molar-refractivity contribution in [3.05, 3.63) is 56.4 Å². The largest absolute Gasteiger partial charge is 0.497 e. The number of benzene rings is 1. The highest BCUT2D eigenvalue weighted by molar-refractivity contribution is 7.18. The number of thiophene rings is 1. The van der Waals surface area contributed by atoms with Crippen molar-refractivity contribution in [2.75, 3.05) is 21.2 Å². The summed E-state index contributed by atoms with van der Waals surface area (Å²) in [5, 5.41) is 0.714. The number of nitrogens with zero attached hydrogens (tertiary/aromatic N) is 3. The van der Waals surface area contributed by atoms with Crippen molar-refractivity contribution in [1.82, 2.24) is 14.5 Å². The standard InChI is InChI=1S/C22H25N3O3S/c1-24(2)13-19-23-21-20(16-9-4-5-10-18(16)29-21)22(27)25(19)12-17(26)14-7-6-8-15(11-14)28-3/h6-8,11H,4-5,9-10,12-13H2,1-3H3. The number of fused-ring (bicyclic) bond motifs is 3. The molecule has 6 nitrogen and oxygen atoms in total. The zero-order chi connectivity index (χ0) is 20.5. The number of carbonyl (C=O) groups excluding carboxylic acids is 1. The average molecular weight is 412 g/mol. The van der Waals surface area contributed by atoms with Crippen molar-refractivity contribution < 1.29 is 9.53 Å². The van der Waals surface area contributed by atoms with Gasteiger partial charge in [0.05, 0.1) is 25.6 Å². The summed E-state index contributed by atoms with van der Waals surface area (Å²) < 4.78 is 6.79. The van der Waals surface area contributed by atoms with Gasteiger partial charge in [0.15, 0.2) is 5.78 Å². The van der Waals surface area contributed by atoms with E-state index in [0.717, 1.165) is 36.1 Å². The van der Waals surface area contributed by atoms with Gasteiger partial charge in [-0.25, -0.2) is 4.98 Å². The van der Waals surface area contributed by atoms with Gasteiger partial charge in [0.1, 0.15) is 16.4 Å². The molecule has 0 fully saturated rings. The Balaban J connectivity index is 1.81. The van der Waals surface area contributed by atoms with Gasteiger partial charge in [-0.3, -0.25) is 14.2 Å². The monoisotopic (exact) mass is 411 g/mol. The van der Waals surface area contributed by atoms with E-state index in [2.05, 4.69) is 0 Å². The molecule has 29 heavy (non-hydrogen) atoms. The number of methoxy groups -OCH3 is 1. The highest BCUT2D eigenvalue weighted by Crippen LogP contribution is 2.33. The second kappa shape index (κ2) is 8.08. The van der Waals surface area contributed by atoms with Crippen LogP contribution in [-0.4, -0.2) is 41.4 Å². The van der Waals surface area contributed by atoms with E-state index in [-0.39, 0.29) is 17.9 Å². The van der Waals surface area contributed by atoms with Gasteiger partial charge in [0.2, 0.25) is 0 Å². The lowest BCUT2D eigenvalue weighted by Crippen LogP contribution is -2.31. The molecule has 3 aromatic rings. The second-order valence-corrected chi connectivity index (χ2v) is 8.79. The minimum Gasteiger partial charge on any atom is -0.497 e. The highest BCUT2D eigenvalue weighted by Gasteiger charge is 2.23. The molecule has 0 atom stereocenters.